The molecule has 1 heterocycles. The third-order valence-electron chi connectivity index (χ3n) is 3.11. The average Bonchev–Trinajstić information content (AvgIpc) is 2.25. The summed E-state index contributed by atoms with van der Waals surface area (Å²) in [4.78, 5) is 14.1. The van der Waals surface area contributed by atoms with Crippen LogP contribution in [-0.4, -0.2) is 36.5 Å². The van der Waals surface area contributed by atoms with Crippen LogP contribution in [0.1, 0.15) is 33.6 Å². The van der Waals surface area contributed by atoms with Gasteiger partial charge in [-0.2, -0.15) is 0 Å². The number of rotatable bonds is 2. The predicted octanol–water partition coefficient (Wildman–Crippen LogP) is 1.24. The highest BCUT2D eigenvalue weighted by atomic mass is 16.2. The molecule has 14 heavy (non-hydrogen) atoms. The third kappa shape index (κ3) is 2.27. The molecule has 3 heteroatoms. The van der Waals surface area contributed by atoms with Gasteiger partial charge in [0.05, 0.1) is 6.04 Å². The van der Waals surface area contributed by atoms with Crippen LogP contribution in [0, 0.1) is 5.92 Å². The van der Waals surface area contributed by atoms with Crippen LogP contribution in [0.4, 0.5) is 0 Å². The molecule has 0 aromatic rings. The lowest BCUT2D eigenvalue weighted by Crippen LogP contribution is -2.49. The summed E-state index contributed by atoms with van der Waals surface area (Å²) in [6.45, 7) is 7.24. The van der Waals surface area contributed by atoms with Crippen molar-refractivity contribution in [3.05, 3.63) is 0 Å². The Morgan fingerprint density at radius 3 is 2.64 bits per heavy atom. The van der Waals surface area contributed by atoms with Gasteiger partial charge < -0.3 is 10.2 Å². The van der Waals surface area contributed by atoms with E-state index in [-0.39, 0.29) is 11.9 Å². The molecular formula is C11H22N2O. The molecule has 2 unspecified atom stereocenters. The van der Waals surface area contributed by atoms with E-state index in [1.807, 2.05) is 11.9 Å². The molecule has 82 valence electrons. The number of carbonyl (C=O) groups excluding carboxylic acids is 1. The summed E-state index contributed by atoms with van der Waals surface area (Å²) in [6, 6.07) is 0.337. The quantitative estimate of drug-likeness (QED) is 0.724. The average molecular weight is 198 g/mol. The molecule has 0 radical (unpaired) electrons. The predicted molar refractivity (Wildman–Crippen MR) is 58.1 cm³/mol. The summed E-state index contributed by atoms with van der Waals surface area (Å²) in [7, 11) is 1.88. The van der Waals surface area contributed by atoms with Gasteiger partial charge in [0.25, 0.3) is 0 Å². The van der Waals surface area contributed by atoms with Crippen LogP contribution in [0.2, 0.25) is 0 Å². The summed E-state index contributed by atoms with van der Waals surface area (Å²) in [6.07, 6.45) is 2.27. The van der Waals surface area contributed by atoms with Crippen molar-refractivity contribution in [3.8, 4) is 0 Å². The van der Waals surface area contributed by atoms with E-state index >= 15 is 0 Å². The minimum absolute atomic E-state index is 0.0138. The maximum atomic E-state index is 12.1. The van der Waals surface area contributed by atoms with Crippen molar-refractivity contribution in [3.63, 3.8) is 0 Å². The van der Waals surface area contributed by atoms with Crippen LogP contribution in [-0.2, 0) is 4.79 Å². The summed E-state index contributed by atoms with van der Waals surface area (Å²) in [5, 5.41) is 3.14. The lowest BCUT2D eigenvalue weighted by atomic mass is 9.98. The van der Waals surface area contributed by atoms with Gasteiger partial charge >= 0.3 is 0 Å². The number of nitrogens with zero attached hydrogens (tertiary/aromatic N) is 1. The lowest BCUT2D eigenvalue weighted by molar-refractivity contribution is -0.135. The molecule has 1 N–H and O–H groups in total. The zero-order valence-electron chi connectivity index (χ0n) is 9.71. The minimum atomic E-state index is 0.0138. The van der Waals surface area contributed by atoms with Gasteiger partial charge in [0, 0.05) is 12.6 Å². The maximum absolute atomic E-state index is 12.1. The van der Waals surface area contributed by atoms with Crippen molar-refractivity contribution < 1.29 is 4.79 Å². The van der Waals surface area contributed by atoms with E-state index in [4.69, 9.17) is 0 Å². The molecule has 0 bridgehead atoms. The van der Waals surface area contributed by atoms with Crippen LogP contribution < -0.4 is 5.32 Å². The Morgan fingerprint density at radius 2 is 2.14 bits per heavy atom. The van der Waals surface area contributed by atoms with E-state index in [0.29, 0.717) is 12.0 Å². The molecular weight excluding hydrogens is 176 g/mol. The monoisotopic (exact) mass is 198 g/mol. The molecule has 0 aromatic heterocycles. The molecule has 1 fully saturated rings. The summed E-state index contributed by atoms with van der Waals surface area (Å²) in [5.41, 5.74) is 0. The molecule has 0 saturated carbocycles. The van der Waals surface area contributed by atoms with Gasteiger partial charge in [0.1, 0.15) is 0 Å². The van der Waals surface area contributed by atoms with Crippen LogP contribution in [0.25, 0.3) is 0 Å². The molecule has 0 aliphatic carbocycles. The van der Waals surface area contributed by atoms with Crippen LogP contribution in [0.15, 0.2) is 0 Å². The van der Waals surface area contributed by atoms with E-state index in [2.05, 4.69) is 26.1 Å². The number of likely N-dealkylation sites (tertiary alicyclic amines) is 1. The molecule has 1 amide bonds. The molecule has 3 nitrogen and oxygen atoms in total. The van der Waals surface area contributed by atoms with Crippen molar-refractivity contribution >= 4 is 5.91 Å². The fraction of sp³-hybridized carbons (Fsp3) is 0.909. The highest BCUT2D eigenvalue weighted by Gasteiger charge is 2.31. The highest BCUT2D eigenvalue weighted by Crippen LogP contribution is 2.19. The topological polar surface area (TPSA) is 32.3 Å². The first kappa shape index (κ1) is 11.5. The second-order valence-electron chi connectivity index (χ2n) is 4.51. The van der Waals surface area contributed by atoms with Crippen molar-refractivity contribution in [2.45, 2.75) is 45.7 Å². The normalized spacial score (nSPS) is 29.5. The SMILES string of the molecule is CNC1C(=O)N(C(C)C)CCCC1C. The van der Waals surface area contributed by atoms with Gasteiger partial charge in [0.2, 0.25) is 5.91 Å². The summed E-state index contributed by atoms with van der Waals surface area (Å²) in [5.74, 6) is 0.726. The van der Waals surface area contributed by atoms with Crippen molar-refractivity contribution in [2.75, 3.05) is 13.6 Å². The smallest absolute Gasteiger partial charge is 0.240 e. The second kappa shape index (κ2) is 4.78. The van der Waals surface area contributed by atoms with Gasteiger partial charge in [-0.05, 0) is 39.7 Å². The van der Waals surface area contributed by atoms with Gasteiger partial charge in [-0.15, -0.1) is 0 Å². The molecule has 1 saturated heterocycles. The molecule has 1 aliphatic rings. The summed E-state index contributed by atoms with van der Waals surface area (Å²) < 4.78 is 0. The number of likely N-dealkylation sites (N-methyl/N-ethyl adjacent to an activating group) is 1. The third-order valence-corrected chi connectivity index (χ3v) is 3.11. The standard InChI is InChI=1S/C11H22N2O/c1-8(2)13-7-5-6-9(3)10(12-4)11(13)14/h8-10,12H,5-7H2,1-4H3. The largest absolute Gasteiger partial charge is 0.339 e. The Bertz CT molecular complexity index is 199. The molecule has 0 aromatic carbocycles. The van der Waals surface area contributed by atoms with Crippen LogP contribution in [0.5, 0.6) is 0 Å². The maximum Gasteiger partial charge on any atom is 0.240 e. The Kier molecular flexibility index (Phi) is 3.93. The highest BCUT2D eigenvalue weighted by molar-refractivity contribution is 5.82. The molecule has 2 atom stereocenters. The Morgan fingerprint density at radius 1 is 1.50 bits per heavy atom. The zero-order chi connectivity index (χ0) is 10.7. The Labute approximate surface area is 86.9 Å². The van der Waals surface area contributed by atoms with Gasteiger partial charge in [-0.3, -0.25) is 4.79 Å². The number of amides is 1. The number of hydrogen-bond donors (Lipinski definition) is 1. The van der Waals surface area contributed by atoms with E-state index in [1.165, 1.54) is 0 Å². The Hall–Kier alpha value is -0.570. The fourth-order valence-corrected chi connectivity index (χ4v) is 2.20. The zero-order valence-corrected chi connectivity index (χ0v) is 9.71. The van der Waals surface area contributed by atoms with Crippen molar-refractivity contribution in [2.24, 2.45) is 5.92 Å². The molecule has 1 aliphatic heterocycles. The van der Waals surface area contributed by atoms with Crippen molar-refractivity contribution in [1.82, 2.24) is 10.2 Å². The van der Waals surface area contributed by atoms with Gasteiger partial charge in [-0.1, -0.05) is 6.92 Å². The van der Waals surface area contributed by atoms with Crippen LogP contribution in [0.3, 0.4) is 0 Å². The fourth-order valence-electron chi connectivity index (χ4n) is 2.20. The van der Waals surface area contributed by atoms with Crippen LogP contribution >= 0.6 is 0 Å². The first-order valence-corrected chi connectivity index (χ1v) is 5.55. The van der Waals surface area contributed by atoms with E-state index in [9.17, 15) is 4.79 Å². The van der Waals surface area contributed by atoms with E-state index < -0.39 is 0 Å². The minimum Gasteiger partial charge on any atom is -0.339 e. The van der Waals surface area contributed by atoms with Gasteiger partial charge in [0.15, 0.2) is 0 Å². The van der Waals surface area contributed by atoms with Crippen molar-refractivity contribution in [1.29, 1.82) is 0 Å². The molecule has 0 spiro atoms. The first-order valence-electron chi connectivity index (χ1n) is 5.55. The van der Waals surface area contributed by atoms with E-state index in [1.54, 1.807) is 0 Å². The number of carbonyl (C=O) groups is 1. The Balaban J connectivity index is 2.78. The van der Waals surface area contributed by atoms with E-state index in [0.717, 1.165) is 19.4 Å². The van der Waals surface area contributed by atoms with Gasteiger partial charge in [-0.25, -0.2) is 0 Å². The number of hydrogen-bond acceptors (Lipinski definition) is 2. The first-order chi connectivity index (χ1) is 6.57. The number of nitrogens with one attached hydrogen (secondary N) is 1. The second-order valence-corrected chi connectivity index (χ2v) is 4.51. The summed E-state index contributed by atoms with van der Waals surface area (Å²) >= 11 is 0. The molecule has 1 rings (SSSR count). The lowest BCUT2D eigenvalue weighted by Gasteiger charge is -2.29.